The summed E-state index contributed by atoms with van der Waals surface area (Å²) in [6.45, 7) is 8.90. The molecule has 1 aromatic heterocycles. The molecule has 2 heterocycles. The van der Waals surface area contributed by atoms with Gasteiger partial charge in [0.25, 0.3) is 0 Å². The molecule has 2 aromatic rings. The van der Waals surface area contributed by atoms with E-state index in [4.69, 9.17) is 4.74 Å². The summed E-state index contributed by atoms with van der Waals surface area (Å²) >= 11 is 0. The van der Waals surface area contributed by atoms with Crippen molar-refractivity contribution in [1.82, 2.24) is 14.5 Å². The lowest BCUT2D eigenvalue weighted by Crippen LogP contribution is -2.42. The summed E-state index contributed by atoms with van der Waals surface area (Å²) in [5.74, 6) is 1.58. The first-order valence-electron chi connectivity index (χ1n) is 9.02. The second-order valence-electron chi connectivity index (χ2n) is 6.94. The van der Waals surface area contributed by atoms with Gasteiger partial charge < -0.3 is 14.2 Å². The van der Waals surface area contributed by atoms with Crippen molar-refractivity contribution in [2.24, 2.45) is 0 Å². The van der Waals surface area contributed by atoms with E-state index < -0.39 is 0 Å². The van der Waals surface area contributed by atoms with E-state index in [9.17, 15) is 4.79 Å². The maximum Gasteiger partial charge on any atom is 0.224 e. The molecule has 0 N–H and O–H groups in total. The van der Waals surface area contributed by atoms with Crippen LogP contribution >= 0.6 is 0 Å². The third kappa shape index (κ3) is 4.10. The summed E-state index contributed by atoms with van der Waals surface area (Å²) in [4.78, 5) is 19.0. The Kier molecular flexibility index (Phi) is 5.53. The Morgan fingerprint density at radius 1 is 1.36 bits per heavy atom. The first-order chi connectivity index (χ1) is 12.1. The third-order valence-electron chi connectivity index (χ3n) is 4.79. The van der Waals surface area contributed by atoms with Gasteiger partial charge in [-0.3, -0.25) is 4.79 Å². The van der Waals surface area contributed by atoms with Crippen molar-refractivity contribution in [3.05, 3.63) is 53.6 Å². The molecule has 3 rings (SSSR count). The molecule has 5 nitrogen and oxygen atoms in total. The van der Waals surface area contributed by atoms with Crippen LogP contribution in [0.15, 0.2) is 36.7 Å². The number of benzene rings is 1. The van der Waals surface area contributed by atoms with Gasteiger partial charge in [0, 0.05) is 37.8 Å². The van der Waals surface area contributed by atoms with Crippen LogP contribution in [0.4, 0.5) is 0 Å². The quantitative estimate of drug-likeness (QED) is 0.838. The molecule has 0 unspecified atom stereocenters. The molecule has 0 aliphatic carbocycles. The number of rotatable bonds is 5. The Morgan fingerprint density at radius 3 is 2.92 bits per heavy atom. The van der Waals surface area contributed by atoms with Crippen molar-refractivity contribution in [3.63, 3.8) is 0 Å². The zero-order valence-electron chi connectivity index (χ0n) is 15.3. The average molecular weight is 341 g/mol. The molecule has 1 saturated heterocycles. The molecule has 0 saturated carbocycles. The molecule has 0 bridgehead atoms. The van der Waals surface area contributed by atoms with Gasteiger partial charge in [-0.25, -0.2) is 4.98 Å². The van der Waals surface area contributed by atoms with Gasteiger partial charge in [-0.2, -0.15) is 0 Å². The molecule has 0 spiro atoms. The van der Waals surface area contributed by atoms with E-state index in [1.165, 1.54) is 11.1 Å². The molecule has 5 heteroatoms. The van der Waals surface area contributed by atoms with Crippen molar-refractivity contribution in [1.29, 1.82) is 0 Å². The summed E-state index contributed by atoms with van der Waals surface area (Å²) in [7, 11) is 0. The number of amides is 1. The summed E-state index contributed by atoms with van der Waals surface area (Å²) in [6.07, 6.45) is 4.23. The maximum atomic E-state index is 12.7. The summed E-state index contributed by atoms with van der Waals surface area (Å²) < 4.78 is 8.00. The highest BCUT2D eigenvalue weighted by Gasteiger charge is 2.26. The highest BCUT2D eigenvalue weighted by Crippen LogP contribution is 2.25. The highest BCUT2D eigenvalue weighted by atomic mass is 16.5. The number of carbonyl (C=O) groups is 1. The molecule has 0 radical (unpaired) electrons. The topological polar surface area (TPSA) is 47.4 Å². The number of hydrogen-bond acceptors (Lipinski definition) is 3. The van der Waals surface area contributed by atoms with Gasteiger partial charge in [0.2, 0.25) is 5.91 Å². The predicted molar refractivity (Wildman–Crippen MR) is 97.4 cm³/mol. The number of carbonyl (C=O) groups excluding carboxylic acids is 1. The summed E-state index contributed by atoms with van der Waals surface area (Å²) in [5.41, 5.74) is 2.39. The SMILES string of the molecule is Cc1ccccc1[C@@H]1CN(C(=O)CCn2ccnc2C(C)C)CCO1. The number of aryl methyl sites for hydroxylation is 2. The fraction of sp³-hybridized carbons (Fsp3) is 0.500. The van der Waals surface area contributed by atoms with Crippen LogP contribution in [-0.2, 0) is 16.1 Å². The number of ether oxygens (including phenoxy) is 1. The Balaban J connectivity index is 1.60. The molecular weight excluding hydrogens is 314 g/mol. The standard InChI is InChI=1S/C20H27N3O2/c1-15(2)20-21-9-11-22(20)10-8-19(24)23-12-13-25-18(14-23)17-7-5-4-6-16(17)3/h4-7,9,11,15,18H,8,10,12-14H2,1-3H3/t18-/m0/s1. The van der Waals surface area contributed by atoms with Gasteiger partial charge in [0.15, 0.2) is 0 Å². The fourth-order valence-corrected chi connectivity index (χ4v) is 3.40. The summed E-state index contributed by atoms with van der Waals surface area (Å²) in [6, 6.07) is 8.24. The minimum Gasteiger partial charge on any atom is -0.370 e. The van der Waals surface area contributed by atoms with Crippen molar-refractivity contribution >= 4 is 5.91 Å². The summed E-state index contributed by atoms with van der Waals surface area (Å²) in [5, 5.41) is 0. The van der Waals surface area contributed by atoms with Crippen LogP contribution in [0.5, 0.6) is 0 Å². The van der Waals surface area contributed by atoms with Crippen LogP contribution in [0.3, 0.4) is 0 Å². The normalized spacial score (nSPS) is 17.9. The minimum absolute atomic E-state index is 0.0293. The van der Waals surface area contributed by atoms with Gasteiger partial charge in [-0.05, 0) is 18.1 Å². The fourth-order valence-electron chi connectivity index (χ4n) is 3.40. The smallest absolute Gasteiger partial charge is 0.224 e. The predicted octanol–water partition coefficient (Wildman–Crippen LogP) is 3.31. The lowest BCUT2D eigenvalue weighted by Gasteiger charge is -2.34. The largest absolute Gasteiger partial charge is 0.370 e. The molecule has 1 aliphatic heterocycles. The van der Waals surface area contributed by atoms with Crippen LogP contribution < -0.4 is 0 Å². The van der Waals surface area contributed by atoms with Crippen molar-refractivity contribution in [2.75, 3.05) is 19.7 Å². The van der Waals surface area contributed by atoms with E-state index >= 15 is 0 Å². The molecule has 1 aromatic carbocycles. The molecule has 1 fully saturated rings. The van der Waals surface area contributed by atoms with E-state index in [2.05, 4.69) is 42.5 Å². The molecule has 25 heavy (non-hydrogen) atoms. The Bertz CT molecular complexity index is 723. The van der Waals surface area contributed by atoms with Crippen LogP contribution in [0.1, 0.15) is 49.2 Å². The van der Waals surface area contributed by atoms with Gasteiger partial charge >= 0.3 is 0 Å². The average Bonchev–Trinajstić information content (AvgIpc) is 3.09. The monoisotopic (exact) mass is 341 g/mol. The number of morpholine rings is 1. The van der Waals surface area contributed by atoms with E-state index in [1.54, 1.807) is 0 Å². The van der Waals surface area contributed by atoms with Crippen molar-refractivity contribution in [2.45, 2.75) is 45.8 Å². The van der Waals surface area contributed by atoms with Crippen LogP contribution in [0, 0.1) is 6.92 Å². The van der Waals surface area contributed by atoms with Crippen LogP contribution in [-0.4, -0.2) is 40.1 Å². The molecule has 134 valence electrons. The van der Waals surface area contributed by atoms with Gasteiger partial charge in [0.1, 0.15) is 11.9 Å². The first kappa shape index (κ1) is 17.7. The third-order valence-corrected chi connectivity index (χ3v) is 4.79. The first-order valence-corrected chi connectivity index (χ1v) is 9.02. The zero-order chi connectivity index (χ0) is 17.8. The lowest BCUT2D eigenvalue weighted by molar-refractivity contribution is -0.139. The molecule has 1 atom stereocenters. The second-order valence-corrected chi connectivity index (χ2v) is 6.94. The van der Waals surface area contributed by atoms with Gasteiger partial charge in [-0.15, -0.1) is 0 Å². The number of aromatic nitrogens is 2. The highest BCUT2D eigenvalue weighted by molar-refractivity contribution is 5.76. The Hall–Kier alpha value is -2.14. The van der Waals surface area contributed by atoms with E-state index in [0.29, 0.717) is 38.6 Å². The molecule has 1 amide bonds. The second kappa shape index (κ2) is 7.83. The zero-order valence-corrected chi connectivity index (χ0v) is 15.3. The Morgan fingerprint density at radius 2 is 2.16 bits per heavy atom. The van der Waals surface area contributed by atoms with Crippen molar-refractivity contribution < 1.29 is 9.53 Å². The van der Waals surface area contributed by atoms with Gasteiger partial charge in [0.05, 0.1) is 13.2 Å². The number of nitrogens with zero attached hydrogens (tertiary/aromatic N) is 3. The Labute approximate surface area is 149 Å². The number of hydrogen-bond donors (Lipinski definition) is 0. The minimum atomic E-state index is -0.0293. The van der Waals surface area contributed by atoms with Crippen molar-refractivity contribution in [3.8, 4) is 0 Å². The van der Waals surface area contributed by atoms with Gasteiger partial charge in [-0.1, -0.05) is 38.1 Å². The lowest BCUT2D eigenvalue weighted by atomic mass is 10.0. The van der Waals surface area contributed by atoms with Crippen LogP contribution in [0.25, 0.3) is 0 Å². The molecular formula is C20H27N3O2. The van der Waals surface area contributed by atoms with E-state index in [0.717, 1.165) is 5.82 Å². The number of imidazole rings is 1. The van der Waals surface area contributed by atoms with Crippen LogP contribution in [0.2, 0.25) is 0 Å². The molecule has 1 aliphatic rings. The maximum absolute atomic E-state index is 12.7. The van der Waals surface area contributed by atoms with E-state index in [-0.39, 0.29) is 12.0 Å². The van der Waals surface area contributed by atoms with E-state index in [1.807, 2.05) is 29.4 Å².